The summed E-state index contributed by atoms with van der Waals surface area (Å²) in [6, 6.07) is 0. The molecule has 0 spiro atoms. The van der Waals surface area contributed by atoms with Gasteiger partial charge in [-0.2, -0.15) is 4.31 Å². The molecule has 0 saturated carbocycles. The molecule has 18 heavy (non-hydrogen) atoms. The van der Waals surface area contributed by atoms with Crippen molar-refractivity contribution in [3.05, 3.63) is 0 Å². The monoisotopic (exact) mass is 308 g/mol. The highest BCUT2D eigenvalue weighted by Gasteiger charge is 2.42. The molecule has 3 unspecified atom stereocenters. The van der Waals surface area contributed by atoms with E-state index in [-0.39, 0.29) is 0 Å². The molecule has 0 radical (unpaired) electrons. The fourth-order valence-corrected chi connectivity index (χ4v) is 3.00. The van der Waals surface area contributed by atoms with E-state index >= 15 is 0 Å². The largest absolute Gasteiger partial charge is 0.481 e. The van der Waals surface area contributed by atoms with Crippen LogP contribution in [-0.2, 0) is 22.7 Å². The van der Waals surface area contributed by atoms with Crippen molar-refractivity contribution in [1.29, 1.82) is 0 Å². The molecule has 1 saturated heterocycles. The Kier molecular flexibility index (Phi) is 5.07. The number of rotatable bonds is 5. The van der Waals surface area contributed by atoms with Crippen LogP contribution in [0, 0.1) is 0 Å². The van der Waals surface area contributed by atoms with E-state index in [0.717, 1.165) is 0 Å². The van der Waals surface area contributed by atoms with Crippen LogP contribution < -0.4 is 0 Å². The number of aliphatic hydroxyl groups is 2. The van der Waals surface area contributed by atoms with Gasteiger partial charge < -0.3 is 29.6 Å². The molecule has 5 atom stereocenters. The lowest BCUT2D eigenvalue weighted by atomic mass is 10.1. The molecule has 5 N–H and O–H groups in total. The van der Waals surface area contributed by atoms with Gasteiger partial charge in [0.25, 0.3) is 0 Å². The molecule has 1 fully saturated rings. The minimum absolute atomic E-state index is 0.670. The third-order valence-electron chi connectivity index (χ3n) is 2.21. The van der Waals surface area contributed by atoms with Gasteiger partial charge in [0.1, 0.15) is 18.3 Å². The van der Waals surface area contributed by atoms with Crippen molar-refractivity contribution < 1.29 is 47.6 Å². The van der Waals surface area contributed by atoms with Crippen LogP contribution in [0.2, 0.25) is 0 Å². The summed E-state index contributed by atoms with van der Waals surface area (Å²) in [7, 11) is -10.1. The number of phosphoric ester groups is 1. The standard InChI is InChI=1S/C6H14O10P2/c1-3-5(7)6(8)4(15-3)2-14-18(12,13)16-17(9,10)11/h3-8H,2H2,1H3,(H,12,13)(H2,9,10,11)/t3?,4?,5-,6+/m0/s1. The minimum atomic E-state index is -5.18. The fraction of sp³-hybridized carbons (Fsp3) is 1.00. The Hall–Kier alpha value is 0.140. The molecule has 108 valence electrons. The molecular formula is C6H14O10P2. The van der Waals surface area contributed by atoms with Gasteiger partial charge in [-0.05, 0) is 6.92 Å². The van der Waals surface area contributed by atoms with Gasteiger partial charge in [-0.25, -0.2) is 9.13 Å². The first kappa shape index (κ1) is 16.2. The highest BCUT2D eigenvalue weighted by molar-refractivity contribution is 7.60. The maximum atomic E-state index is 11.1. The van der Waals surface area contributed by atoms with Gasteiger partial charge in [-0.15, -0.1) is 0 Å². The van der Waals surface area contributed by atoms with Crippen molar-refractivity contribution in [3.8, 4) is 0 Å². The van der Waals surface area contributed by atoms with Crippen LogP contribution in [0.5, 0.6) is 0 Å². The SMILES string of the molecule is CC1OC(COP(=O)(O)OP(=O)(O)O)[C@@H](O)[C@H]1O. The zero-order valence-electron chi connectivity index (χ0n) is 9.19. The third-order valence-corrected chi connectivity index (χ3v) is 4.36. The highest BCUT2D eigenvalue weighted by atomic mass is 31.3. The van der Waals surface area contributed by atoms with Crippen molar-refractivity contribution in [1.82, 2.24) is 0 Å². The van der Waals surface area contributed by atoms with Crippen LogP contribution in [-0.4, -0.2) is 55.9 Å². The van der Waals surface area contributed by atoms with Gasteiger partial charge in [0.05, 0.1) is 12.7 Å². The van der Waals surface area contributed by atoms with E-state index in [1.807, 2.05) is 0 Å². The van der Waals surface area contributed by atoms with Gasteiger partial charge in [0.15, 0.2) is 0 Å². The van der Waals surface area contributed by atoms with Crippen molar-refractivity contribution in [2.45, 2.75) is 31.3 Å². The summed E-state index contributed by atoms with van der Waals surface area (Å²) >= 11 is 0. The van der Waals surface area contributed by atoms with Crippen LogP contribution >= 0.6 is 15.6 Å². The van der Waals surface area contributed by atoms with Crippen molar-refractivity contribution in [2.75, 3.05) is 6.61 Å². The Bertz CT molecular complexity index is 379. The quantitative estimate of drug-likeness (QED) is 0.386. The Balaban J connectivity index is 2.51. The summed E-state index contributed by atoms with van der Waals surface area (Å²) in [5.41, 5.74) is 0. The molecule has 12 heteroatoms. The molecular weight excluding hydrogens is 294 g/mol. The Morgan fingerprint density at radius 3 is 2.11 bits per heavy atom. The number of aliphatic hydroxyl groups excluding tert-OH is 2. The van der Waals surface area contributed by atoms with E-state index < -0.39 is 46.7 Å². The Morgan fingerprint density at radius 2 is 1.72 bits per heavy atom. The molecule has 1 heterocycles. The molecule has 1 rings (SSSR count). The molecule has 0 aromatic heterocycles. The maximum Gasteiger partial charge on any atom is 0.481 e. The van der Waals surface area contributed by atoms with Gasteiger partial charge in [0.2, 0.25) is 0 Å². The molecule has 0 amide bonds. The first-order valence-corrected chi connectivity index (χ1v) is 7.80. The lowest BCUT2D eigenvalue weighted by Crippen LogP contribution is -2.33. The summed E-state index contributed by atoms with van der Waals surface area (Å²) in [6.07, 6.45) is -4.32. The second kappa shape index (κ2) is 5.64. The van der Waals surface area contributed by atoms with Gasteiger partial charge in [0, 0.05) is 0 Å². The van der Waals surface area contributed by atoms with Crippen molar-refractivity contribution >= 4 is 15.6 Å². The van der Waals surface area contributed by atoms with E-state index in [1.54, 1.807) is 0 Å². The van der Waals surface area contributed by atoms with E-state index in [2.05, 4.69) is 8.83 Å². The average Bonchev–Trinajstić information content (AvgIpc) is 2.39. The lowest BCUT2D eigenvalue weighted by Gasteiger charge is -2.17. The zero-order chi connectivity index (χ0) is 14.1. The molecule has 1 aliphatic heterocycles. The first-order valence-electron chi connectivity index (χ1n) is 4.77. The maximum absolute atomic E-state index is 11.1. The van der Waals surface area contributed by atoms with Crippen LogP contribution in [0.4, 0.5) is 0 Å². The number of hydrogen-bond acceptors (Lipinski definition) is 7. The lowest BCUT2D eigenvalue weighted by molar-refractivity contribution is -0.0168. The summed E-state index contributed by atoms with van der Waals surface area (Å²) < 4.78 is 34.2. The van der Waals surface area contributed by atoms with Crippen LogP contribution in [0.15, 0.2) is 0 Å². The molecule has 0 bridgehead atoms. The first-order chi connectivity index (χ1) is 8.02. The Labute approximate surface area is 102 Å². The smallest absolute Gasteiger partial charge is 0.388 e. The van der Waals surface area contributed by atoms with Crippen molar-refractivity contribution in [2.24, 2.45) is 0 Å². The van der Waals surface area contributed by atoms with Crippen LogP contribution in [0.3, 0.4) is 0 Å². The van der Waals surface area contributed by atoms with Gasteiger partial charge in [-0.1, -0.05) is 0 Å². The van der Waals surface area contributed by atoms with E-state index in [0.29, 0.717) is 0 Å². The topological polar surface area (TPSA) is 163 Å². The fourth-order valence-electron chi connectivity index (χ4n) is 1.40. The number of phosphoric acid groups is 2. The van der Waals surface area contributed by atoms with E-state index in [9.17, 15) is 19.3 Å². The van der Waals surface area contributed by atoms with E-state index in [4.69, 9.17) is 19.4 Å². The summed E-state index contributed by atoms with van der Waals surface area (Å²) in [5.74, 6) is 0. The normalized spacial score (nSPS) is 36.6. The Morgan fingerprint density at radius 1 is 1.17 bits per heavy atom. The summed E-state index contributed by atoms with van der Waals surface area (Å²) in [6.45, 7) is 0.801. The second-order valence-corrected chi connectivity index (χ2v) is 6.53. The molecule has 0 aliphatic carbocycles. The predicted molar refractivity (Wildman–Crippen MR) is 55.3 cm³/mol. The van der Waals surface area contributed by atoms with Crippen LogP contribution in [0.25, 0.3) is 0 Å². The molecule has 10 nitrogen and oxygen atoms in total. The summed E-state index contributed by atoms with van der Waals surface area (Å²) in [5, 5.41) is 18.8. The zero-order valence-corrected chi connectivity index (χ0v) is 11.0. The highest BCUT2D eigenvalue weighted by Crippen LogP contribution is 2.57. The average molecular weight is 308 g/mol. The number of hydrogen-bond donors (Lipinski definition) is 5. The number of ether oxygens (including phenoxy) is 1. The van der Waals surface area contributed by atoms with Gasteiger partial charge in [-0.3, -0.25) is 4.52 Å². The minimum Gasteiger partial charge on any atom is -0.388 e. The van der Waals surface area contributed by atoms with Gasteiger partial charge >= 0.3 is 15.6 Å². The van der Waals surface area contributed by atoms with Crippen LogP contribution in [0.1, 0.15) is 6.92 Å². The van der Waals surface area contributed by atoms with Crippen molar-refractivity contribution in [3.63, 3.8) is 0 Å². The summed E-state index contributed by atoms with van der Waals surface area (Å²) in [4.78, 5) is 25.6. The second-order valence-electron chi connectivity index (χ2n) is 3.70. The molecule has 0 aromatic carbocycles. The predicted octanol–water partition coefficient (Wildman–Crippen LogP) is -1.28. The van der Waals surface area contributed by atoms with E-state index in [1.165, 1.54) is 6.92 Å². The molecule has 0 aromatic rings. The molecule has 1 aliphatic rings. The third kappa shape index (κ3) is 4.67.